The molecule has 0 unspecified atom stereocenters. The van der Waals surface area contributed by atoms with Crippen molar-refractivity contribution in [2.45, 2.75) is 26.0 Å². The molecule has 1 saturated heterocycles. The zero-order valence-corrected chi connectivity index (χ0v) is 16.3. The highest BCUT2D eigenvalue weighted by Gasteiger charge is 2.24. The van der Waals surface area contributed by atoms with E-state index in [1.165, 1.54) is 6.20 Å². The molecule has 0 saturated carbocycles. The fraction of sp³-hybridized carbons (Fsp3) is 0.318. The first-order valence-electron chi connectivity index (χ1n) is 13.3. The van der Waals surface area contributed by atoms with Gasteiger partial charge in [-0.15, -0.1) is 0 Å². The van der Waals surface area contributed by atoms with E-state index >= 15 is 0 Å². The number of halogens is 1. The highest BCUT2D eigenvalue weighted by molar-refractivity contribution is 9.10. The van der Waals surface area contributed by atoms with E-state index in [0.29, 0.717) is 27.1 Å². The number of carbonyl (C=O) groups is 1. The molecule has 0 N–H and O–H groups in total. The number of benzene rings is 1. The Morgan fingerprint density at radius 3 is 2.68 bits per heavy atom. The summed E-state index contributed by atoms with van der Waals surface area (Å²) in [5.74, 6) is -0.860. The smallest absolute Gasteiger partial charge is 0.187 e. The van der Waals surface area contributed by atoms with Crippen LogP contribution >= 0.6 is 15.9 Å². The highest BCUT2D eigenvalue weighted by Crippen LogP contribution is 2.31. The Morgan fingerprint density at radius 2 is 2.00 bits per heavy atom. The Hall–Kier alpha value is -2.49. The van der Waals surface area contributed by atoms with E-state index in [1.807, 2.05) is 0 Å². The first-order valence-corrected chi connectivity index (χ1v) is 9.09. The van der Waals surface area contributed by atoms with Gasteiger partial charge in [0.1, 0.15) is 0 Å². The number of ketones is 1. The first-order chi connectivity index (χ1) is 17.3. The van der Waals surface area contributed by atoms with Crippen molar-refractivity contribution in [3.63, 3.8) is 0 Å². The van der Waals surface area contributed by atoms with Crippen molar-refractivity contribution in [1.82, 2.24) is 14.5 Å². The lowest BCUT2D eigenvalue weighted by Crippen LogP contribution is -2.34. The van der Waals surface area contributed by atoms with Gasteiger partial charge in [-0.3, -0.25) is 14.7 Å². The SMILES string of the molecule is [2H]C1([2H])N(CC(=O)c2c(C)n(-c3ccc([N+]#[C-])cc3)c3cc(Br)cnc23)C([2H])([2H])C([2H])([2H])C([2H])([2H])C1([2H])[2H]. The number of piperidine rings is 1. The maximum atomic E-state index is 13.7. The van der Waals surface area contributed by atoms with E-state index < -0.39 is 44.4 Å². The van der Waals surface area contributed by atoms with Gasteiger partial charge in [0.05, 0.1) is 29.7 Å². The molecule has 1 aromatic carbocycles. The van der Waals surface area contributed by atoms with Crippen molar-refractivity contribution < 1.29 is 18.5 Å². The summed E-state index contributed by atoms with van der Waals surface area (Å²) >= 11 is 3.35. The van der Waals surface area contributed by atoms with Gasteiger partial charge in [0.2, 0.25) is 0 Å². The van der Waals surface area contributed by atoms with Crippen molar-refractivity contribution >= 4 is 38.4 Å². The van der Waals surface area contributed by atoms with E-state index in [9.17, 15) is 4.79 Å². The van der Waals surface area contributed by atoms with Crippen LogP contribution in [-0.2, 0) is 0 Å². The average Bonchev–Trinajstić information content (AvgIpc) is 3.11. The molecule has 4 rings (SSSR count). The number of nitrogens with zero attached hydrogens (tertiary/aromatic N) is 4. The zero-order valence-electron chi connectivity index (χ0n) is 24.7. The summed E-state index contributed by atoms with van der Waals surface area (Å²) in [5.41, 5.74) is 2.00. The fourth-order valence-corrected chi connectivity index (χ4v) is 3.47. The van der Waals surface area contributed by atoms with Gasteiger partial charge >= 0.3 is 0 Å². The molecule has 0 bridgehead atoms. The number of Topliss-reactive ketones (excluding diaryl/α,β-unsaturated/α-hetero) is 1. The summed E-state index contributed by atoms with van der Waals surface area (Å²) in [6.07, 6.45) is -9.17. The minimum absolute atomic E-state index is 0.0111. The number of aromatic nitrogens is 2. The van der Waals surface area contributed by atoms with Crippen molar-refractivity contribution in [3.05, 3.63) is 63.7 Å². The molecule has 1 fully saturated rings. The number of hydrogen-bond acceptors (Lipinski definition) is 3. The molecule has 28 heavy (non-hydrogen) atoms. The molecule has 2 aromatic heterocycles. The Bertz CT molecular complexity index is 1460. The van der Waals surface area contributed by atoms with E-state index in [4.69, 9.17) is 20.3 Å². The molecule has 0 spiro atoms. The van der Waals surface area contributed by atoms with Crippen LogP contribution < -0.4 is 0 Å². The van der Waals surface area contributed by atoms with Crippen LogP contribution in [0.1, 0.15) is 48.9 Å². The third-order valence-corrected chi connectivity index (χ3v) is 4.77. The average molecular weight is 447 g/mol. The third kappa shape index (κ3) is 3.48. The number of fused-ring (bicyclic) bond motifs is 1. The fourth-order valence-electron chi connectivity index (χ4n) is 3.15. The van der Waals surface area contributed by atoms with E-state index in [0.717, 1.165) is 0 Å². The van der Waals surface area contributed by atoms with E-state index in [2.05, 4.69) is 25.8 Å². The number of pyridine rings is 1. The Kier molecular flexibility index (Phi) is 2.90. The summed E-state index contributed by atoms with van der Waals surface area (Å²) in [6, 6.07) is 8.22. The van der Waals surface area contributed by atoms with Gasteiger partial charge in [0, 0.05) is 35.8 Å². The zero-order chi connectivity index (χ0) is 28.6. The second kappa shape index (κ2) is 7.86. The van der Waals surface area contributed by atoms with Gasteiger partial charge in [-0.05, 0) is 66.8 Å². The van der Waals surface area contributed by atoms with Crippen LogP contribution in [0.5, 0.6) is 0 Å². The molecule has 6 heteroatoms. The summed E-state index contributed by atoms with van der Waals surface area (Å²) in [5, 5.41) is 0. The second-order valence-corrected chi connectivity index (χ2v) is 6.97. The molecule has 0 radical (unpaired) electrons. The van der Waals surface area contributed by atoms with Gasteiger partial charge in [0.15, 0.2) is 11.5 Å². The number of likely N-dealkylation sites (tertiary alicyclic amines) is 1. The summed E-state index contributed by atoms with van der Waals surface area (Å²) in [7, 11) is 0. The summed E-state index contributed by atoms with van der Waals surface area (Å²) in [4.78, 5) is 21.5. The van der Waals surface area contributed by atoms with Crippen LogP contribution in [0.15, 0.2) is 41.0 Å². The van der Waals surface area contributed by atoms with Crippen LogP contribution in [-0.4, -0.2) is 39.8 Å². The molecule has 5 nitrogen and oxygen atoms in total. The molecule has 0 aliphatic carbocycles. The van der Waals surface area contributed by atoms with Crippen molar-refractivity contribution in [2.75, 3.05) is 19.5 Å². The van der Waals surface area contributed by atoms with Gasteiger partial charge in [0.25, 0.3) is 0 Å². The third-order valence-electron chi connectivity index (χ3n) is 4.33. The molecule has 1 aliphatic rings. The van der Waals surface area contributed by atoms with Gasteiger partial charge in [-0.25, -0.2) is 4.85 Å². The molecular weight excluding hydrogens is 416 g/mol. The summed E-state index contributed by atoms with van der Waals surface area (Å²) < 4.78 is 83.9. The van der Waals surface area contributed by atoms with Gasteiger partial charge in [-0.1, -0.05) is 18.5 Å². The first kappa shape index (κ1) is 10.3. The van der Waals surface area contributed by atoms with Gasteiger partial charge in [-0.2, -0.15) is 0 Å². The molecule has 3 aromatic rings. The van der Waals surface area contributed by atoms with E-state index in [-0.39, 0.29) is 16.0 Å². The molecular formula is C22H21BrN4O. The summed E-state index contributed by atoms with van der Waals surface area (Å²) in [6.45, 7) is 0.862. The quantitative estimate of drug-likeness (QED) is 0.402. The van der Waals surface area contributed by atoms with Crippen LogP contribution in [0.3, 0.4) is 0 Å². The minimum Gasteiger partial charge on any atom is -0.312 e. The lowest BCUT2D eigenvalue weighted by molar-refractivity contribution is 0.0916. The largest absolute Gasteiger partial charge is 0.312 e. The van der Waals surface area contributed by atoms with E-state index in [1.54, 1.807) is 41.8 Å². The van der Waals surface area contributed by atoms with Crippen molar-refractivity contribution in [2.24, 2.45) is 0 Å². The Morgan fingerprint density at radius 1 is 1.29 bits per heavy atom. The maximum Gasteiger partial charge on any atom is 0.187 e. The molecule has 1 aliphatic heterocycles. The highest BCUT2D eigenvalue weighted by atomic mass is 79.9. The Labute approximate surface area is 187 Å². The predicted octanol–water partition coefficient (Wildman–Crippen LogP) is 5.32. The monoisotopic (exact) mass is 446 g/mol. The lowest BCUT2D eigenvalue weighted by Gasteiger charge is -2.25. The Balaban J connectivity index is 1.88. The van der Waals surface area contributed by atoms with Gasteiger partial charge < -0.3 is 4.57 Å². The predicted molar refractivity (Wildman–Crippen MR) is 114 cm³/mol. The van der Waals surface area contributed by atoms with Crippen LogP contribution in [0.4, 0.5) is 5.69 Å². The minimum atomic E-state index is -3.57. The number of rotatable bonds is 4. The lowest BCUT2D eigenvalue weighted by atomic mass is 10.1. The second-order valence-electron chi connectivity index (χ2n) is 6.05. The van der Waals surface area contributed by atoms with Crippen molar-refractivity contribution in [3.8, 4) is 5.69 Å². The topological polar surface area (TPSA) is 42.5 Å². The van der Waals surface area contributed by atoms with Crippen LogP contribution in [0, 0.1) is 13.5 Å². The number of carbonyl (C=O) groups excluding carboxylic acids is 1. The van der Waals surface area contributed by atoms with Crippen LogP contribution in [0.2, 0.25) is 0 Å². The molecule has 0 amide bonds. The number of hydrogen-bond donors (Lipinski definition) is 0. The normalized spacial score (nSPS) is 29.2. The maximum absolute atomic E-state index is 13.7. The molecule has 3 heterocycles. The standard InChI is InChI=1S/C22H21BrN4O/c1-15-21(20(28)14-26-10-4-3-5-11-26)22-19(12-16(23)13-25-22)27(15)18-8-6-17(24-2)7-9-18/h6-9,12-13H,3-5,10-11,14H2,1H3/i3D2,4D2,5D2,10D2,11D2. The molecule has 142 valence electrons. The van der Waals surface area contributed by atoms with Crippen LogP contribution in [0.25, 0.3) is 21.6 Å². The molecule has 0 atom stereocenters. The van der Waals surface area contributed by atoms with Crippen molar-refractivity contribution in [1.29, 1.82) is 0 Å².